The summed E-state index contributed by atoms with van der Waals surface area (Å²) in [4.78, 5) is 15.0. The molecule has 0 aliphatic carbocycles. The number of nitrogens with zero attached hydrogens (tertiary/aromatic N) is 2. The maximum Gasteiger partial charge on any atom is 0.242 e. The van der Waals surface area contributed by atoms with Gasteiger partial charge < -0.3 is 18.9 Å². The smallest absolute Gasteiger partial charge is 0.242 e. The second-order valence-corrected chi connectivity index (χ2v) is 7.46. The predicted molar refractivity (Wildman–Crippen MR) is 96.6 cm³/mol. The van der Waals surface area contributed by atoms with Crippen LogP contribution >= 0.6 is 0 Å². The molecule has 4 rings (SSSR count). The summed E-state index contributed by atoms with van der Waals surface area (Å²) < 4.78 is 13.8. The maximum absolute atomic E-state index is 13.0. The number of carbonyl (C=O) groups excluding carboxylic acids is 1. The van der Waals surface area contributed by atoms with Crippen LogP contribution in [0.1, 0.15) is 25.3 Å². The second-order valence-electron chi connectivity index (χ2n) is 7.46. The number of para-hydroxylation sites is 1. The lowest BCUT2D eigenvalue weighted by atomic mass is 9.91. The van der Waals surface area contributed by atoms with E-state index in [1.807, 2.05) is 17.0 Å². The molecule has 2 fully saturated rings. The van der Waals surface area contributed by atoms with Crippen LogP contribution in [0.15, 0.2) is 30.5 Å². The lowest BCUT2D eigenvalue weighted by Crippen LogP contribution is -2.58. The van der Waals surface area contributed by atoms with E-state index >= 15 is 0 Å². The van der Waals surface area contributed by atoms with E-state index in [1.54, 1.807) is 0 Å². The number of aryl methyl sites for hydroxylation is 1. The van der Waals surface area contributed by atoms with E-state index in [2.05, 4.69) is 36.7 Å². The fourth-order valence-electron chi connectivity index (χ4n) is 4.24. The summed E-state index contributed by atoms with van der Waals surface area (Å²) in [6, 6.07) is 8.26. The van der Waals surface area contributed by atoms with Gasteiger partial charge in [-0.05, 0) is 25.5 Å². The van der Waals surface area contributed by atoms with E-state index in [0.29, 0.717) is 19.6 Å². The van der Waals surface area contributed by atoms with Gasteiger partial charge in [0.05, 0.1) is 18.2 Å². The van der Waals surface area contributed by atoms with Gasteiger partial charge >= 0.3 is 0 Å². The summed E-state index contributed by atoms with van der Waals surface area (Å²) in [5, 5.41) is 1.21. The Morgan fingerprint density at radius 2 is 2.04 bits per heavy atom. The summed E-state index contributed by atoms with van der Waals surface area (Å²) in [5.41, 5.74) is 2.11. The summed E-state index contributed by atoms with van der Waals surface area (Å²) in [5.74, 6) is 0.168. The minimum Gasteiger partial charge on any atom is -0.381 e. The van der Waals surface area contributed by atoms with Crippen molar-refractivity contribution in [2.45, 2.75) is 44.9 Å². The average Bonchev–Trinajstić information content (AvgIpc) is 2.91. The van der Waals surface area contributed by atoms with Crippen LogP contribution in [0.3, 0.4) is 0 Å². The van der Waals surface area contributed by atoms with Crippen LogP contribution in [0, 0.1) is 6.92 Å². The molecule has 1 spiro atoms. The first-order valence-corrected chi connectivity index (χ1v) is 9.14. The topological polar surface area (TPSA) is 43.7 Å². The molecule has 1 aromatic carbocycles. The first-order chi connectivity index (χ1) is 12.1. The zero-order valence-corrected chi connectivity index (χ0v) is 15.0. The molecule has 0 bridgehead atoms. The molecule has 0 unspecified atom stereocenters. The van der Waals surface area contributed by atoms with Gasteiger partial charge in [-0.15, -0.1) is 0 Å². The van der Waals surface area contributed by atoms with Gasteiger partial charge in [0.25, 0.3) is 0 Å². The molecule has 2 aromatic rings. The summed E-state index contributed by atoms with van der Waals surface area (Å²) in [6.45, 7) is 7.32. The van der Waals surface area contributed by atoms with E-state index in [-0.39, 0.29) is 17.6 Å². The number of carbonyl (C=O) groups is 1. The van der Waals surface area contributed by atoms with E-state index in [1.165, 1.54) is 10.9 Å². The van der Waals surface area contributed by atoms with Crippen molar-refractivity contribution in [2.75, 3.05) is 26.3 Å². The highest BCUT2D eigenvalue weighted by atomic mass is 16.5. The summed E-state index contributed by atoms with van der Waals surface area (Å²) >= 11 is 0. The normalized spacial score (nSPS) is 23.3. The van der Waals surface area contributed by atoms with E-state index in [9.17, 15) is 4.79 Å². The molecule has 1 aromatic heterocycles. The van der Waals surface area contributed by atoms with E-state index in [0.717, 1.165) is 31.6 Å². The Labute approximate surface area is 148 Å². The number of aromatic nitrogens is 1. The van der Waals surface area contributed by atoms with E-state index in [4.69, 9.17) is 9.47 Å². The summed E-state index contributed by atoms with van der Waals surface area (Å²) in [6.07, 6.45) is 3.88. The van der Waals surface area contributed by atoms with Crippen LogP contribution in [0.25, 0.3) is 10.9 Å². The van der Waals surface area contributed by atoms with Gasteiger partial charge in [0.1, 0.15) is 6.54 Å². The molecule has 0 N–H and O–H groups in total. The van der Waals surface area contributed by atoms with Crippen molar-refractivity contribution in [3.05, 3.63) is 36.0 Å². The van der Waals surface area contributed by atoms with Crippen molar-refractivity contribution >= 4 is 16.8 Å². The lowest BCUT2D eigenvalue weighted by Gasteiger charge is -2.47. The van der Waals surface area contributed by atoms with Crippen LogP contribution in [0.5, 0.6) is 0 Å². The Hall–Kier alpha value is -1.85. The quantitative estimate of drug-likeness (QED) is 0.843. The molecule has 0 saturated carbocycles. The number of morpholine rings is 1. The molecule has 2 aliphatic heterocycles. The zero-order chi connectivity index (χ0) is 17.4. The molecule has 2 aliphatic rings. The van der Waals surface area contributed by atoms with Crippen molar-refractivity contribution in [1.29, 1.82) is 0 Å². The average molecular weight is 342 g/mol. The number of benzene rings is 1. The molecule has 0 radical (unpaired) electrons. The molecular weight excluding hydrogens is 316 g/mol. The number of amides is 1. The fraction of sp³-hybridized carbons (Fsp3) is 0.550. The van der Waals surface area contributed by atoms with Crippen LogP contribution in [0.2, 0.25) is 0 Å². The van der Waals surface area contributed by atoms with Gasteiger partial charge in [-0.25, -0.2) is 0 Å². The van der Waals surface area contributed by atoms with Crippen molar-refractivity contribution < 1.29 is 14.3 Å². The third kappa shape index (κ3) is 3.18. The number of rotatable bonds is 2. The fourth-order valence-corrected chi connectivity index (χ4v) is 4.24. The van der Waals surface area contributed by atoms with Crippen molar-refractivity contribution in [2.24, 2.45) is 0 Å². The summed E-state index contributed by atoms with van der Waals surface area (Å²) in [7, 11) is 0. The van der Waals surface area contributed by atoms with Gasteiger partial charge in [-0.2, -0.15) is 0 Å². The minimum atomic E-state index is -0.222. The SMILES string of the molecule is Cc1cn(CC(=O)N2C[C@H](C)OC3(CCOCC3)C2)c2ccccc12. The first-order valence-electron chi connectivity index (χ1n) is 9.14. The highest BCUT2D eigenvalue weighted by molar-refractivity contribution is 5.86. The van der Waals surface area contributed by atoms with Crippen LogP contribution in [-0.2, 0) is 20.8 Å². The monoisotopic (exact) mass is 342 g/mol. The lowest BCUT2D eigenvalue weighted by molar-refractivity contribution is -0.189. The molecule has 134 valence electrons. The molecule has 1 amide bonds. The first kappa shape index (κ1) is 16.6. The van der Waals surface area contributed by atoms with Gasteiger partial charge in [0.2, 0.25) is 5.91 Å². The van der Waals surface area contributed by atoms with Crippen LogP contribution in [0.4, 0.5) is 0 Å². The van der Waals surface area contributed by atoms with E-state index < -0.39 is 0 Å². The van der Waals surface area contributed by atoms with Crippen molar-refractivity contribution in [1.82, 2.24) is 9.47 Å². The highest BCUT2D eigenvalue weighted by Gasteiger charge is 2.42. The van der Waals surface area contributed by atoms with Crippen LogP contribution < -0.4 is 0 Å². The Morgan fingerprint density at radius 1 is 1.28 bits per heavy atom. The third-order valence-corrected chi connectivity index (χ3v) is 5.46. The number of hydrogen-bond acceptors (Lipinski definition) is 3. The molecule has 1 atom stereocenters. The molecule has 25 heavy (non-hydrogen) atoms. The number of fused-ring (bicyclic) bond motifs is 1. The largest absolute Gasteiger partial charge is 0.381 e. The zero-order valence-electron chi connectivity index (χ0n) is 15.0. The van der Waals surface area contributed by atoms with Crippen molar-refractivity contribution in [3.63, 3.8) is 0 Å². The Morgan fingerprint density at radius 3 is 2.84 bits per heavy atom. The molecule has 3 heterocycles. The van der Waals surface area contributed by atoms with Crippen LogP contribution in [-0.4, -0.2) is 53.4 Å². The number of ether oxygens (including phenoxy) is 2. The van der Waals surface area contributed by atoms with Gasteiger partial charge in [0, 0.05) is 49.7 Å². The van der Waals surface area contributed by atoms with Gasteiger partial charge in [0.15, 0.2) is 0 Å². The second kappa shape index (κ2) is 6.46. The Bertz CT molecular complexity index is 776. The maximum atomic E-state index is 13.0. The molecule has 5 heteroatoms. The Balaban J connectivity index is 1.53. The standard InChI is InChI=1S/C20H26N2O3/c1-15-11-21(18-6-4-3-5-17(15)18)13-19(23)22-12-16(2)25-20(14-22)7-9-24-10-8-20/h3-6,11,16H,7-10,12-14H2,1-2H3/t16-/m0/s1. The van der Waals surface area contributed by atoms with Gasteiger partial charge in [-0.1, -0.05) is 18.2 Å². The third-order valence-electron chi connectivity index (χ3n) is 5.46. The molecular formula is C20H26N2O3. The predicted octanol–water partition coefficient (Wildman–Crippen LogP) is 2.75. The minimum absolute atomic E-state index is 0.0685. The van der Waals surface area contributed by atoms with Gasteiger partial charge in [-0.3, -0.25) is 4.79 Å². The molecule has 2 saturated heterocycles. The molecule has 5 nitrogen and oxygen atoms in total. The Kier molecular flexibility index (Phi) is 4.29. The van der Waals surface area contributed by atoms with Crippen molar-refractivity contribution in [3.8, 4) is 0 Å². The highest BCUT2D eigenvalue weighted by Crippen LogP contribution is 2.31. The number of hydrogen-bond donors (Lipinski definition) is 0.